The molecule has 9 nitrogen and oxygen atoms in total. The maximum Gasteiger partial charge on any atom is 0.223 e. The lowest BCUT2D eigenvalue weighted by Crippen LogP contribution is -2.55. The SMILES string of the molecule is C.C.C.C.C.C.C.C.C.C.CNC[Si](C)(C)O[Si](C)(C)CNC(=O)CC(C)(C#N)N=NC(C)(C#N)CC(C)=O. The third-order valence-corrected chi connectivity index (χ3v) is 10.6. The van der Waals surface area contributed by atoms with Crippen LogP contribution in [-0.4, -0.2) is 58.8 Å². The number of carbonyl (C=O) groups is 2. The number of nitrogens with zero attached hydrogens (tertiary/aromatic N) is 4. The van der Waals surface area contributed by atoms with Crippen molar-refractivity contribution in [1.82, 2.24) is 10.6 Å². The average Bonchev–Trinajstić information content (AvgIpc) is 2.57. The van der Waals surface area contributed by atoms with Gasteiger partial charge in [-0.3, -0.25) is 9.59 Å². The molecule has 0 aliphatic heterocycles. The molecule has 242 valence electrons. The zero-order valence-corrected chi connectivity index (χ0v) is 20.8. The van der Waals surface area contributed by atoms with E-state index in [1.54, 1.807) is 0 Å². The van der Waals surface area contributed by atoms with Crippen LogP contribution in [0.15, 0.2) is 10.2 Å². The van der Waals surface area contributed by atoms with Gasteiger partial charge in [0.25, 0.3) is 0 Å². The monoisotopic (exact) mass is 599 g/mol. The molecule has 0 saturated carbocycles. The molecule has 39 heavy (non-hydrogen) atoms. The minimum absolute atomic E-state index is 0. The fraction of sp³-hybridized carbons (Fsp3) is 0.857. The van der Waals surface area contributed by atoms with E-state index in [1.165, 1.54) is 20.8 Å². The summed E-state index contributed by atoms with van der Waals surface area (Å²) in [6.45, 7) is 12.6. The highest BCUT2D eigenvalue weighted by Crippen LogP contribution is 2.22. The van der Waals surface area contributed by atoms with Gasteiger partial charge < -0.3 is 14.7 Å². The lowest BCUT2D eigenvalue weighted by atomic mass is 9.98. The molecule has 0 radical (unpaired) electrons. The van der Waals surface area contributed by atoms with E-state index in [2.05, 4.69) is 34.0 Å². The van der Waals surface area contributed by atoms with Crippen LogP contribution < -0.4 is 10.6 Å². The highest BCUT2D eigenvalue weighted by molar-refractivity contribution is 6.85. The van der Waals surface area contributed by atoms with Gasteiger partial charge in [0.2, 0.25) is 5.91 Å². The van der Waals surface area contributed by atoms with Crippen LogP contribution in [0.3, 0.4) is 0 Å². The van der Waals surface area contributed by atoms with Gasteiger partial charge in [0.1, 0.15) is 5.78 Å². The van der Waals surface area contributed by atoms with Crippen LogP contribution in [0.2, 0.25) is 26.2 Å². The first kappa shape index (κ1) is 71.0. The van der Waals surface area contributed by atoms with Crippen molar-refractivity contribution in [3.05, 3.63) is 0 Å². The number of rotatable bonds is 12. The highest BCUT2D eigenvalue weighted by Gasteiger charge is 2.35. The zero-order valence-electron chi connectivity index (χ0n) is 18.8. The van der Waals surface area contributed by atoms with Crippen LogP contribution >= 0.6 is 0 Å². The molecule has 0 saturated heterocycles. The second-order valence-corrected chi connectivity index (χ2v) is 17.5. The summed E-state index contributed by atoms with van der Waals surface area (Å²) >= 11 is 0. The van der Waals surface area contributed by atoms with E-state index in [0.717, 1.165) is 6.17 Å². The Bertz CT molecular complexity index is 719. The number of hydrogen-bond acceptors (Lipinski definition) is 8. The predicted octanol–water partition coefficient (Wildman–Crippen LogP) is 8.57. The van der Waals surface area contributed by atoms with Crippen LogP contribution in [0.25, 0.3) is 0 Å². The molecule has 0 aromatic rings. The van der Waals surface area contributed by atoms with Crippen LogP contribution in [0.4, 0.5) is 0 Å². The van der Waals surface area contributed by atoms with Crippen molar-refractivity contribution in [3.8, 4) is 12.1 Å². The van der Waals surface area contributed by atoms with Crippen molar-refractivity contribution < 1.29 is 13.7 Å². The van der Waals surface area contributed by atoms with Gasteiger partial charge in [-0.15, -0.1) is 0 Å². The molecular weight excluding hydrogens is 525 g/mol. The van der Waals surface area contributed by atoms with E-state index in [-0.39, 0.29) is 98.8 Å². The molecule has 0 spiro atoms. The molecular formula is C28H74N6O3Si2. The minimum atomic E-state index is -2.12. The van der Waals surface area contributed by atoms with Gasteiger partial charge in [-0.2, -0.15) is 20.8 Å². The Morgan fingerprint density at radius 3 is 1.38 bits per heavy atom. The van der Waals surface area contributed by atoms with Gasteiger partial charge >= 0.3 is 0 Å². The Kier molecular flexibility index (Phi) is 52.9. The normalized spacial score (nSPS) is 12.2. The molecule has 0 aliphatic carbocycles. The average molecular weight is 599 g/mol. The number of nitriles is 2. The summed E-state index contributed by atoms with van der Waals surface area (Å²) in [6.07, 6.45) is 0.938. The number of nitrogens with one attached hydrogen (secondary N) is 2. The Balaban J connectivity index is -0.0000000871. The van der Waals surface area contributed by atoms with Crippen LogP contribution in [0.5, 0.6) is 0 Å². The molecule has 2 N–H and O–H groups in total. The van der Waals surface area contributed by atoms with E-state index in [9.17, 15) is 20.1 Å². The maximum absolute atomic E-state index is 12.4. The minimum Gasteiger partial charge on any atom is -0.453 e. The summed E-state index contributed by atoms with van der Waals surface area (Å²) < 4.78 is 6.34. The van der Waals surface area contributed by atoms with Gasteiger partial charge in [-0.1, -0.05) is 74.3 Å². The Hall–Kier alpha value is -1.93. The molecule has 2 atom stereocenters. The largest absolute Gasteiger partial charge is 0.453 e. The summed E-state index contributed by atoms with van der Waals surface area (Å²) in [4.78, 5) is 23.7. The first-order valence-electron chi connectivity index (χ1n) is 9.49. The van der Waals surface area contributed by atoms with Crippen molar-refractivity contribution in [2.75, 3.05) is 19.4 Å². The summed E-state index contributed by atoms with van der Waals surface area (Å²) in [5, 5.41) is 32.6. The van der Waals surface area contributed by atoms with Gasteiger partial charge in [0.15, 0.2) is 27.7 Å². The van der Waals surface area contributed by atoms with Crippen molar-refractivity contribution >= 4 is 28.3 Å². The van der Waals surface area contributed by atoms with E-state index in [0.29, 0.717) is 6.17 Å². The topological polar surface area (TPSA) is 140 Å². The quantitative estimate of drug-likeness (QED) is 0.170. The van der Waals surface area contributed by atoms with E-state index >= 15 is 0 Å². The molecule has 11 heteroatoms. The first-order valence-corrected chi connectivity index (χ1v) is 15.7. The highest BCUT2D eigenvalue weighted by atomic mass is 28.4. The van der Waals surface area contributed by atoms with Crippen molar-refractivity contribution in [2.45, 2.75) is 145 Å². The fourth-order valence-corrected chi connectivity index (χ4v) is 10.9. The van der Waals surface area contributed by atoms with Crippen LogP contribution in [-0.2, 0) is 13.7 Å². The zero-order chi connectivity index (χ0) is 22.9. The molecule has 0 aromatic heterocycles. The molecule has 0 heterocycles. The lowest BCUT2D eigenvalue weighted by molar-refractivity contribution is -0.121. The number of amides is 1. The van der Waals surface area contributed by atoms with Crippen molar-refractivity contribution in [3.63, 3.8) is 0 Å². The van der Waals surface area contributed by atoms with Crippen LogP contribution in [0, 0.1) is 22.7 Å². The predicted molar refractivity (Wildman–Crippen MR) is 183 cm³/mol. The molecule has 0 aromatic carbocycles. The smallest absolute Gasteiger partial charge is 0.223 e. The third kappa shape index (κ3) is 30.5. The third-order valence-electron chi connectivity index (χ3n) is 3.94. The number of Topliss-reactive ketones (excluding diaryl/α,β-unsaturated/α-hetero) is 1. The van der Waals surface area contributed by atoms with Gasteiger partial charge in [0, 0.05) is 18.8 Å². The standard InChI is InChI=1S/C18H34N6O3Si2.10CH4/c1-15(25)9-17(2,11-19)23-24-18(3,12-20)10-16(26)22-14-29(7,8)27-28(5,6)13-21-4;;;;;;;;;;/h21H,9-10,13-14H2,1-8H3,(H,22,26);10*1H4. The summed E-state index contributed by atoms with van der Waals surface area (Å²) in [5.74, 6) is -0.545. The first-order chi connectivity index (χ1) is 13.1. The molecule has 2 unspecified atom stereocenters. The number of hydrogen-bond donors (Lipinski definition) is 2. The molecule has 0 fully saturated rings. The lowest BCUT2D eigenvalue weighted by Gasteiger charge is -2.34. The van der Waals surface area contributed by atoms with Crippen molar-refractivity contribution in [2.24, 2.45) is 10.2 Å². The Morgan fingerprint density at radius 1 is 0.744 bits per heavy atom. The second kappa shape index (κ2) is 29.1. The fourth-order valence-electron chi connectivity index (χ4n) is 2.83. The second-order valence-electron chi connectivity index (χ2n) is 8.96. The number of ketones is 1. The van der Waals surface area contributed by atoms with Gasteiger partial charge in [0.05, 0.1) is 18.6 Å². The van der Waals surface area contributed by atoms with E-state index in [1.807, 2.05) is 32.3 Å². The number of azo groups is 1. The molecule has 0 bridgehead atoms. The molecule has 1 amide bonds. The summed E-state index contributed by atoms with van der Waals surface area (Å²) in [7, 11) is -2.10. The van der Waals surface area contributed by atoms with Gasteiger partial charge in [-0.05, 0) is 54.0 Å². The Morgan fingerprint density at radius 2 is 1.08 bits per heavy atom. The van der Waals surface area contributed by atoms with Gasteiger partial charge in [-0.25, -0.2) is 0 Å². The maximum atomic E-state index is 12.4. The van der Waals surface area contributed by atoms with Crippen molar-refractivity contribution in [1.29, 1.82) is 10.5 Å². The van der Waals surface area contributed by atoms with Crippen LogP contribution in [0.1, 0.15) is 108 Å². The van der Waals surface area contributed by atoms with E-state index < -0.39 is 27.7 Å². The summed E-state index contributed by atoms with van der Waals surface area (Å²) in [6, 6.07) is 3.91. The van der Waals surface area contributed by atoms with E-state index in [4.69, 9.17) is 4.12 Å². The summed E-state index contributed by atoms with van der Waals surface area (Å²) in [5.41, 5.74) is -2.78. The Labute approximate surface area is 249 Å². The molecule has 0 rings (SSSR count). The number of carbonyl (C=O) groups excluding carboxylic acids is 2. The molecule has 0 aliphatic rings.